The minimum absolute atomic E-state index is 0.243. The third-order valence-corrected chi connectivity index (χ3v) is 4.11. The summed E-state index contributed by atoms with van der Waals surface area (Å²) in [6, 6.07) is 8.28. The first-order chi connectivity index (χ1) is 10.1. The summed E-state index contributed by atoms with van der Waals surface area (Å²) in [5.41, 5.74) is 1.84. The second-order valence-corrected chi connectivity index (χ2v) is 5.75. The lowest BCUT2D eigenvalue weighted by Gasteiger charge is -2.16. The van der Waals surface area contributed by atoms with Crippen LogP contribution in [0.5, 0.6) is 0 Å². The first-order valence-corrected chi connectivity index (χ1v) is 7.33. The molecule has 1 N–H and O–H groups in total. The van der Waals surface area contributed by atoms with E-state index in [1.54, 1.807) is 16.8 Å². The van der Waals surface area contributed by atoms with Crippen LogP contribution in [0.3, 0.4) is 0 Å². The Morgan fingerprint density at radius 3 is 2.76 bits per heavy atom. The fraction of sp³-hybridized carbons (Fsp3) is 0.438. The minimum Gasteiger partial charge on any atom is -0.393 e. The van der Waals surface area contributed by atoms with E-state index >= 15 is 0 Å². The van der Waals surface area contributed by atoms with E-state index in [4.69, 9.17) is 0 Å². The largest absolute Gasteiger partial charge is 0.393 e. The van der Waals surface area contributed by atoms with Gasteiger partial charge in [-0.3, -0.25) is 4.90 Å². The molecule has 1 aromatic heterocycles. The molecule has 1 aliphatic rings. The summed E-state index contributed by atoms with van der Waals surface area (Å²) in [5, 5.41) is 14.2. The number of aliphatic hydroxyl groups excluding tert-OH is 1. The van der Waals surface area contributed by atoms with Gasteiger partial charge < -0.3 is 5.11 Å². The van der Waals surface area contributed by atoms with Crippen LogP contribution in [-0.2, 0) is 6.54 Å². The molecule has 0 spiro atoms. The predicted octanol–water partition coefficient (Wildman–Crippen LogP) is 2.21. The number of aliphatic hydroxyl groups is 1. The van der Waals surface area contributed by atoms with E-state index in [0.717, 1.165) is 37.4 Å². The third kappa shape index (κ3) is 3.31. The second-order valence-electron chi connectivity index (χ2n) is 5.75. The van der Waals surface area contributed by atoms with Crippen molar-refractivity contribution < 1.29 is 9.50 Å². The number of nitrogens with zero attached hydrogens (tertiary/aromatic N) is 3. The molecule has 1 saturated heterocycles. The van der Waals surface area contributed by atoms with Crippen LogP contribution in [-0.4, -0.2) is 39.0 Å². The maximum absolute atomic E-state index is 12.9. The van der Waals surface area contributed by atoms with Crippen molar-refractivity contribution in [3.8, 4) is 5.69 Å². The highest BCUT2D eigenvalue weighted by Gasteiger charge is 2.26. The van der Waals surface area contributed by atoms with Crippen LogP contribution in [0.4, 0.5) is 4.39 Å². The zero-order chi connectivity index (χ0) is 14.8. The lowest BCUT2D eigenvalue weighted by molar-refractivity contribution is 0.127. The number of likely N-dealkylation sites (tertiary alicyclic amines) is 1. The number of aromatic nitrogens is 2. The fourth-order valence-corrected chi connectivity index (χ4v) is 2.81. The normalized spacial score (nSPS) is 20.8. The summed E-state index contributed by atoms with van der Waals surface area (Å²) in [5.74, 6) is 0.122. The van der Waals surface area contributed by atoms with Crippen molar-refractivity contribution in [1.29, 1.82) is 0 Å². The number of hydrogen-bond acceptors (Lipinski definition) is 3. The molecule has 21 heavy (non-hydrogen) atoms. The van der Waals surface area contributed by atoms with Crippen molar-refractivity contribution in [2.75, 3.05) is 13.1 Å². The highest BCUT2D eigenvalue weighted by molar-refractivity contribution is 5.31. The minimum atomic E-state index is -0.244. The highest BCUT2D eigenvalue weighted by Crippen LogP contribution is 2.21. The van der Waals surface area contributed by atoms with Gasteiger partial charge in [-0.1, -0.05) is 0 Å². The molecule has 1 aliphatic heterocycles. The maximum Gasteiger partial charge on any atom is 0.123 e. The highest BCUT2D eigenvalue weighted by atomic mass is 19.1. The second kappa shape index (κ2) is 5.95. The SMILES string of the molecule is CC(O)C1CCN(Cc2ccn(-c3ccc(F)cc3)n2)C1. The van der Waals surface area contributed by atoms with E-state index in [-0.39, 0.29) is 11.9 Å². The van der Waals surface area contributed by atoms with Gasteiger partial charge in [0.05, 0.1) is 17.5 Å². The molecule has 0 saturated carbocycles. The molecule has 3 rings (SSSR count). The zero-order valence-corrected chi connectivity index (χ0v) is 12.1. The number of rotatable bonds is 4. The molecule has 2 atom stereocenters. The van der Waals surface area contributed by atoms with E-state index < -0.39 is 0 Å². The van der Waals surface area contributed by atoms with Gasteiger partial charge in [-0.25, -0.2) is 9.07 Å². The monoisotopic (exact) mass is 289 g/mol. The van der Waals surface area contributed by atoms with Gasteiger partial charge >= 0.3 is 0 Å². The number of benzene rings is 1. The zero-order valence-electron chi connectivity index (χ0n) is 12.1. The van der Waals surface area contributed by atoms with E-state index in [2.05, 4.69) is 10.00 Å². The average molecular weight is 289 g/mol. The van der Waals surface area contributed by atoms with Crippen molar-refractivity contribution in [3.63, 3.8) is 0 Å². The Kier molecular flexibility index (Phi) is 4.03. The molecule has 0 bridgehead atoms. The van der Waals surface area contributed by atoms with Gasteiger partial charge in [0.2, 0.25) is 0 Å². The molecule has 1 aromatic carbocycles. The van der Waals surface area contributed by atoms with Crippen molar-refractivity contribution in [2.24, 2.45) is 5.92 Å². The number of halogens is 1. The Morgan fingerprint density at radius 2 is 2.10 bits per heavy atom. The van der Waals surface area contributed by atoms with Crippen LogP contribution in [0.15, 0.2) is 36.5 Å². The molecule has 112 valence electrons. The Labute approximate surface area is 123 Å². The molecule has 4 nitrogen and oxygen atoms in total. The van der Waals surface area contributed by atoms with Crippen LogP contribution in [0, 0.1) is 11.7 Å². The first-order valence-electron chi connectivity index (χ1n) is 7.33. The van der Waals surface area contributed by atoms with Crippen molar-refractivity contribution in [2.45, 2.75) is 26.0 Å². The van der Waals surface area contributed by atoms with Crippen molar-refractivity contribution in [1.82, 2.24) is 14.7 Å². The van der Waals surface area contributed by atoms with Gasteiger partial charge in [-0.2, -0.15) is 5.10 Å². The molecule has 5 heteroatoms. The summed E-state index contributed by atoms with van der Waals surface area (Å²) in [4.78, 5) is 2.31. The number of hydrogen-bond donors (Lipinski definition) is 1. The predicted molar refractivity (Wildman–Crippen MR) is 78.6 cm³/mol. The van der Waals surface area contributed by atoms with Crippen LogP contribution in [0.25, 0.3) is 5.69 Å². The van der Waals surface area contributed by atoms with E-state index in [9.17, 15) is 9.50 Å². The Bertz CT molecular complexity index is 594. The molecule has 2 aromatic rings. The maximum atomic E-state index is 12.9. The van der Waals surface area contributed by atoms with E-state index in [1.165, 1.54) is 12.1 Å². The molecule has 0 aliphatic carbocycles. The average Bonchev–Trinajstić information content (AvgIpc) is 3.10. The summed E-state index contributed by atoms with van der Waals surface area (Å²) in [6.45, 7) is 4.56. The molecule has 2 unspecified atom stereocenters. The Morgan fingerprint density at radius 1 is 1.33 bits per heavy atom. The molecule has 0 radical (unpaired) electrons. The standard InChI is InChI=1S/C16H20FN3O/c1-12(21)13-6-8-19(10-13)11-15-7-9-20(18-15)16-4-2-14(17)3-5-16/h2-5,7,9,12-13,21H,6,8,10-11H2,1H3. The summed E-state index contributed by atoms with van der Waals surface area (Å²) >= 11 is 0. The topological polar surface area (TPSA) is 41.3 Å². The summed E-state index contributed by atoms with van der Waals surface area (Å²) in [7, 11) is 0. The van der Waals surface area contributed by atoms with Gasteiger partial charge in [0.15, 0.2) is 0 Å². The van der Waals surface area contributed by atoms with E-state index in [1.807, 2.05) is 19.2 Å². The Balaban J connectivity index is 1.64. The Hall–Kier alpha value is -1.72. The van der Waals surface area contributed by atoms with Crippen molar-refractivity contribution in [3.05, 3.63) is 48.0 Å². The van der Waals surface area contributed by atoms with Gasteiger partial charge in [0.25, 0.3) is 0 Å². The molecule has 2 heterocycles. The van der Waals surface area contributed by atoms with Gasteiger partial charge in [-0.15, -0.1) is 0 Å². The smallest absolute Gasteiger partial charge is 0.123 e. The fourth-order valence-electron chi connectivity index (χ4n) is 2.81. The third-order valence-electron chi connectivity index (χ3n) is 4.11. The van der Waals surface area contributed by atoms with Crippen LogP contribution >= 0.6 is 0 Å². The quantitative estimate of drug-likeness (QED) is 0.938. The summed E-state index contributed by atoms with van der Waals surface area (Å²) in [6.07, 6.45) is 2.69. The van der Waals surface area contributed by atoms with E-state index in [0.29, 0.717) is 5.92 Å². The molecular formula is C16H20FN3O. The van der Waals surface area contributed by atoms with Gasteiger partial charge in [0.1, 0.15) is 5.82 Å². The van der Waals surface area contributed by atoms with Gasteiger partial charge in [0, 0.05) is 19.3 Å². The summed E-state index contributed by atoms with van der Waals surface area (Å²) < 4.78 is 14.7. The first kappa shape index (κ1) is 14.2. The lowest BCUT2D eigenvalue weighted by Crippen LogP contribution is -2.24. The van der Waals surface area contributed by atoms with Crippen LogP contribution < -0.4 is 0 Å². The van der Waals surface area contributed by atoms with Crippen LogP contribution in [0.1, 0.15) is 19.0 Å². The van der Waals surface area contributed by atoms with Crippen molar-refractivity contribution >= 4 is 0 Å². The molecule has 1 fully saturated rings. The van der Waals surface area contributed by atoms with Gasteiger partial charge in [-0.05, 0) is 56.1 Å². The molecular weight excluding hydrogens is 269 g/mol. The molecule has 0 amide bonds. The lowest BCUT2D eigenvalue weighted by atomic mass is 10.0. The van der Waals surface area contributed by atoms with Crippen LogP contribution in [0.2, 0.25) is 0 Å².